The topological polar surface area (TPSA) is 49.9 Å². The van der Waals surface area contributed by atoms with Gasteiger partial charge in [-0.25, -0.2) is 8.42 Å². The molecule has 5 nitrogen and oxygen atoms in total. The van der Waals surface area contributed by atoms with Crippen LogP contribution in [-0.4, -0.2) is 44.9 Å². The molecule has 0 aromatic heterocycles. The maximum Gasteiger partial charge on any atom is 0.243 e. The van der Waals surface area contributed by atoms with E-state index in [2.05, 4.69) is 24.1 Å². The predicted octanol–water partition coefficient (Wildman–Crippen LogP) is 2.43. The lowest BCUT2D eigenvalue weighted by Crippen LogP contribution is -2.46. The lowest BCUT2D eigenvalue weighted by molar-refractivity contribution is 0.178. The molecule has 0 radical (unpaired) electrons. The van der Waals surface area contributed by atoms with Crippen LogP contribution in [0.3, 0.4) is 0 Å². The Hall–Kier alpha value is -1.89. The predicted molar refractivity (Wildman–Crippen MR) is 96.1 cm³/mol. The van der Waals surface area contributed by atoms with Crippen molar-refractivity contribution in [3.63, 3.8) is 0 Å². The quantitative estimate of drug-likeness (QED) is 0.846. The molecule has 0 aliphatic carbocycles. The Kier molecular flexibility index (Phi) is 4.06. The summed E-state index contributed by atoms with van der Waals surface area (Å²) >= 11 is 0. The van der Waals surface area contributed by atoms with E-state index in [-0.39, 0.29) is 6.04 Å². The number of sulfonamides is 1. The molecule has 4 rings (SSSR count). The van der Waals surface area contributed by atoms with E-state index in [0.29, 0.717) is 23.7 Å². The van der Waals surface area contributed by atoms with E-state index in [1.54, 1.807) is 35.7 Å². The molecule has 1 atom stereocenters. The molecule has 132 valence electrons. The lowest BCUT2D eigenvalue weighted by Gasteiger charge is -2.42. The van der Waals surface area contributed by atoms with Gasteiger partial charge in [-0.15, -0.1) is 0 Å². The summed E-state index contributed by atoms with van der Waals surface area (Å²) in [5.41, 5.74) is 3.82. The Bertz CT molecular complexity index is 893. The highest BCUT2D eigenvalue weighted by Gasteiger charge is 2.37. The van der Waals surface area contributed by atoms with Crippen LogP contribution in [0.5, 0.6) is 5.75 Å². The minimum atomic E-state index is -3.53. The second kappa shape index (κ2) is 6.12. The van der Waals surface area contributed by atoms with Gasteiger partial charge in [0.15, 0.2) is 0 Å². The van der Waals surface area contributed by atoms with E-state index in [0.717, 1.165) is 18.5 Å². The summed E-state index contributed by atoms with van der Waals surface area (Å²) in [6.07, 6.45) is 1.03. The van der Waals surface area contributed by atoms with Crippen LogP contribution in [0.4, 0.5) is 0 Å². The van der Waals surface area contributed by atoms with Gasteiger partial charge < -0.3 is 4.74 Å². The smallest absolute Gasteiger partial charge is 0.243 e. The van der Waals surface area contributed by atoms with Crippen LogP contribution < -0.4 is 4.74 Å². The van der Waals surface area contributed by atoms with Gasteiger partial charge in [-0.3, -0.25) is 4.90 Å². The highest BCUT2D eigenvalue weighted by atomic mass is 32.2. The minimum absolute atomic E-state index is 0.127. The standard InChI is InChI=1S/C19H22N2O3S/c1-20-11-10-14-4-3-5-15-12-21(13-18(20)19(14)15)25(22,23)17-8-6-16(24-2)7-9-17/h3-9,18H,10-13H2,1-2H3. The summed E-state index contributed by atoms with van der Waals surface area (Å²) in [4.78, 5) is 2.58. The summed E-state index contributed by atoms with van der Waals surface area (Å²) < 4.78 is 33.0. The largest absolute Gasteiger partial charge is 0.497 e. The first-order valence-electron chi connectivity index (χ1n) is 8.46. The normalized spacial score (nSPS) is 21.0. The number of rotatable bonds is 3. The first kappa shape index (κ1) is 16.6. The monoisotopic (exact) mass is 358 g/mol. The van der Waals surface area contributed by atoms with Gasteiger partial charge in [0, 0.05) is 25.7 Å². The van der Waals surface area contributed by atoms with Gasteiger partial charge in [-0.1, -0.05) is 18.2 Å². The zero-order valence-corrected chi connectivity index (χ0v) is 15.3. The molecule has 0 saturated heterocycles. The Balaban J connectivity index is 1.72. The zero-order valence-electron chi connectivity index (χ0n) is 14.5. The first-order valence-corrected chi connectivity index (χ1v) is 9.90. The molecule has 2 aliphatic rings. The Morgan fingerprint density at radius 1 is 1.08 bits per heavy atom. The fourth-order valence-electron chi connectivity index (χ4n) is 3.88. The van der Waals surface area contributed by atoms with Crippen LogP contribution in [0.15, 0.2) is 47.4 Å². The number of hydrogen-bond donors (Lipinski definition) is 0. The third-order valence-electron chi connectivity index (χ3n) is 5.31. The lowest BCUT2D eigenvalue weighted by atomic mass is 9.86. The Morgan fingerprint density at radius 3 is 2.52 bits per heavy atom. The molecular formula is C19H22N2O3S. The van der Waals surface area contributed by atoms with Crippen molar-refractivity contribution in [2.45, 2.75) is 23.9 Å². The van der Waals surface area contributed by atoms with Gasteiger partial charge >= 0.3 is 0 Å². The molecule has 0 amide bonds. The summed E-state index contributed by atoms with van der Waals surface area (Å²) in [7, 11) is 0.114. The molecule has 0 fully saturated rings. The molecular weight excluding hydrogens is 336 g/mol. The third-order valence-corrected chi connectivity index (χ3v) is 7.13. The van der Waals surface area contributed by atoms with E-state index in [9.17, 15) is 8.42 Å². The van der Waals surface area contributed by atoms with Crippen molar-refractivity contribution in [3.8, 4) is 5.75 Å². The van der Waals surface area contributed by atoms with E-state index >= 15 is 0 Å². The fraction of sp³-hybridized carbons (Fsp3) is 0.368. The molecule has 0 N–H and O–H groups in total. The van der Waals surface area contributed by atoms with Crippen LogP contribution in [-0.2, 0) is 23.0 Å². The number of likely N-dealkylation sites (N-methyl/N-ethyl adjacent to an activating group) is 1. The molecule has 2 aromatic carbocycles. The average Bonchev–Trinajstić information content (AvgIpc) is 2.64. The molecule has 0 saturated carbocycles. The zero-order chi connectivity index (χ0) is 17.6. The van der Waals surface area contributed by atoms with Crippen molar-refractivity contribution in [2.75, 3.05) is 27.2 Å². The SMILES string of the molecule is COc1ccc(S(=O)(=O)N2Cc3cccc4c3C(C2)N(C)CC4)cc1. The highest BCUT2D eigenvalue weighted by Crippen LogP contribution is 2.38. The number of nitrogens with zero attached hydrogens (tertiary/aromatic N) is 2. The Labute approximate surface area is 148 Å². The summed E-state index contributed by atoms with van der Waals surface area (Å²) in [6, 6.07) is 13.0. The molecule has 1 unspecified atom stereocenters. The maximum absolute atomic E-state index is 13.1. The minimum Gasteiger partial charge on any atom is -0.497 e. The van der Waals surface area contributed by atoms with E-state index in [1.807, 2.05) is 6.07 Å². The van der Waals surface area contributed by atoms with Crippen LogP contribution >= 0.6 is 0 Å². The van der Waals surface area contributed by atoms with Gasteiger partial charge in [0.1, 0.15) is 5.75 Å². The van der Waals surface area contributed by atoms with Crippen molar-refractivity contribution in [3.05, 3.63) is 59.2 Å². The third kappa shape index (κ3) is 2.74. The van der Waals surface area contributed by atoms with Crippen LogP contribution in [0.1, 0.15) is 22.7 Å². The van der Waals surface area contributed by atoms with Crippen LogP contribution in [0.25, 0.3) is 0 Å². The molecule has 2 heterocycles. The van der Waals surface area contributed by atoms with Gasteiger partial charge in [-0.2, -0.15) is 4.31 Å². The van der Waals surface area contributed by atoms with Gasteiger partial charge in [-0.05, 0) is 54.4 Å². The summed E-state index contributed by atoms with van der Waals surface area (Å²) in [5, 5.41) is 0. The van der Waals surface area contributed by atoms with Crippen molar-refractivity contribution >= 4 is 10.0 Å². The number of methoxy groups -OCH3 is 1. The maximum atomic E-state index is 13.1. The van der Waals surface area contributed by atoms with Crippen molar-refractivity contribution < 1.29 is 13.2 Å². The number of ether oxygens (including phenoxy) is 1. The second-order valence-corrected chi connectivity index (χ2v) is 8.65. The molecule has 2 aliphatic heterocycles. The van der Waals surface area contributed by atoms with Gasteiger partial charge in [0.25, 0.3) is 0 Å². The van der Waals surface area contributed by atoms with E-state index in [1.165, 1.54) is 11.1 Å². The Morgan fingerprint density at radius 2 is 1.80 bits per heavy atom. The van der Waals surface area contributed by atoms with Crippen LogP contribution in [0.2, 0.25) is 0 Å². The summed E-state index contributed by atoms with van der Waals surface area (Å²) in [6.45, 7) is 1.88. The highest BCUT2D eigenvalue weighted by molar-refractivity contribution is 7.89. The van der Waals surface area contributed by atoms with Gasteiger partial charge in [0.05, 0.1) is 12.0 Å². The fourth-order valence-corrected chi connectivity index (χ4v) is 5.31. The second-order valence-electron chi connectivity index (χ2n) is 6.71. The van der Waals surface area contributed by atoms with Crippen molar-refractivity contribution in [2.24, 2.45) is 0 Å². The first-order chi connectivity index (χ1) is 12.0. The molecule has 2 aromatic rings. The van der Waals surface area contributed by atoms with Crippen molar-refractivity contribution in [1.29, 1.82) is 0 Å². The molecule has 0 bridgehead atoms. The van der Waals surface area contributed by atoms with Gasteiger partial charge in [0.2, 0.25) is 10.0 Å². The summed E-state index contributed by atoms with van der Waals surface area (Å²) in [5.74, 6) is 0.652. The number of hydrogen-bond acceptors (Lipinski definition) is 4. The number of benzene rings is 2. The van der Waals surface area contributed by atoms with E-state index < -0.39 is 10.0 Å². The molecule has 6 heteroatoms. The van der Waals surface area contributed by atoms with Crippen LogP contribution in [0, 0.1) is 0 Å². The van der Waals surface area contributed by atoms with Crippen molar-refractivity contribution in [1.82, 2.24) is 9.21 Å². The molecule has 25 heavy (non-hydrogen) atoms. The molecule has 0 spiro atoms. The average molecular weight is 358 g/mol. The van der Waals surface area contributed by atoms with E-state index in [4.69, 9.17) is 4.74 Å².